The maximum Gasteiger partial charge on any atom is 0.340 e. The summed E-state index contributed by atoms with van der Waals surface area (Å²) in [5.74, 6) is -0.849. The average molecular weight is 265 g/mol. The number of hydrogen-bond acceptors (Lipinski definition) is 2. The molecule has 3 nitrogen and oxygen atoms in total. The van der Waals surface area contributed by atoms with Crippen molar-refractivity contribution >= 4 is 11.7 Å². The van der Waals surface area contributed by atoms with E-state index in [1.54, 1.807) is 12.1 Å². The van der Waals surface area contributed by atoms with Gasteiger partial charge >= 0.3 is 5.97 Å². The first-order valence-electron chi connectivity index (χ1n) is 6.79. The molecule has 0 saturated heterocycles. The molecule has 0 aliphatic heterocycles. The van der Waals surface area contributed by atoms with Gasteiger partial charge in [-0.3, -0.25) is 0 Å². The molecule has 2 N–H and O–H groups in total. The van der Waals surface area contributed by atoms with Crippen LogP contribution in [0.4, 0.5) is 10.1 Å². The third kappa shape index (κ3) is 2.88. The van der Waals surface area contributed by atoms with Crippen molar-refractivity contribution in [2.24, 2.45) is 11.8 Å². The summed E-state index contributed by atoms with van der Waals surface area (Å²) in [6.07, 6.45) is 3.33. The van der Waals surface area contributed by atoms with Gasteiger partial charge < -0.3 is 10.4 Å². The number of rotatable bonds is 3. The van der Waals surface area contributed by atoms with Crippen LogP contribution in [0.25, 0.3) is 0 Å². The molecule has 1 aromatic rings. The van der Waals surface area contributed by atoms with E-state index >= 15 is 0 Å². The zero-order valence-corrected chi connectivity index (χ0v) is 11.3. The van der Waals surface area contributed by atoms with Crippen LogP contribution in [0.15, 0.2) is 18.2 Å². The average Bonchev–Trinajstić information content (AvgIpc) is 2.34. The van der Waals surface area contributed by atoms with Crippen molar-refractivity contribution < 1.29 is 14.3 Å². The summed E-state index contributed by atoms with van der Waals surface area (Å²) in [5.41, 5.74) is 0.131. The first kappa shape index (κ1) is 13.8. The van der Waals surface area contributed by atoms with Crippen LogP contribution >= 0.6 is 0 Å². The number of halogens is 1. The number of carbonyl (C=O) groups is 1. The lowest BCUT2D eigenvalue weighted by Gasteiger charge is -2.35. The molecule has 0 spiro atoms. The number of benzene rings is 1. The summed E-state index contributed by atoms with van der Waals surface area (Å²) in [7, 11) is 0. The van der Waals surface area contributed by atoms with Crippen molar-refractivity contribution in [3.8, 4) is 0 Å². The Hall–Kier alpha value is -1.58. The van der Waals surface area contributed by atoms with Gasteiger partial charge in [0.05, 0.1) is 5.69 Å². The van der Waals surface area contributed by atoms with E-state index in [0.29, 0.717) is 17.5 Å². The van der Waals surface area contributed by atoms with Crippen LogP contribution in [0.5, 0.6) is 0 Å². The zero-order valence-electron chi connectivity index (χ0n) is 11.3. The lowest BCUT2D eigenvalue weighted by Crippen LogP contribution is -2.35. The van der Waals surface area contributed by atoms with Gasteiger partial charge in [-0.25, -0.2) is 9.18 Å². The molecule has 0 bridgehead atoms. The molecule has 1 aliphatic carbocycles. The second-order valence-corrected chi connectivity index (χ2v) is 5.49. The standard InChI is InChI=1S/C15H20FNO2/c1-9-5-3-7-12(10(9)2)17-13-8-4-6-11(16)14(13)15(18)19/h4,6,8-10,12,17H,3,5,7H2,1-2H3,(H,18,19). The minimum atomic E-state index is -1.22. The van der Waals surface area contributed by atoms with Gasteiger partial charge in [-0.1, -0.05) is 32.8 Å². The van der Waals surface area contributed by atoms with Gasteiger partial charge in [0.15, 0.2) is 0 Å². The number of anilines is 1. The van der Waals surface area contributed by atoms with Crippen molar-refractivity contribution in [3.05, 3.63) is 29.6 Å². The van der Waals surface area contributed by atoms with Crippen molar-refractivity contribution in [2.45, 2.75) is 39.2 Å². The summed E-state index contributed by atoms with van der Waals surface area (Å²) in [6.45, 7) is 4.38. The summed E-state index contributed by atoms with van der Waals surface area (Å²) in [5, 5.41) is 12.3. The summed E-state index contributed by atoms with van der Waals surface area (Å²) in [4.78, 5) is 11.2. The molecule has 1 aliphatic rings. The Kier molecular flexibility index (Phi) is 4.08. The highest BCUT2D eigenvalue weighted by Gasteiger charge is 2.28. The van der Waals surface area contributed by atoms with Crippen LogP contribution in [0.1, 0.15) is 43.5 Å². The Morgan fingerprint density at radius 1 is 1.37 bits per heavy atom. The number of nitrogens with one attached hydrogen (secondary N) is 1. The first-order valence-corrected chi connectivity index (χ1v) is 6.79. The van der Waals surface area contributed by atoms with Crippen molar-refractivity contribution in [1.29, 1.82) is 0 Å². The highest BCUT2D eigenvalue weighted by Crippen LogP contribution is 2.32. The van der Waals surface area contributed by atoms with Crippen LogP contribution in [0, 0.1) is 17.7 Å². The molecule has 0 radical (unpaired) electrons. The van der Waals surface area contributed by atoms with Crippen LogP contribution < -0.4 is 5.32 Å². The first-order chi connectivity index (χ1) is 9.00. The largest absolute Gasteiger partial charge is 0.478 e. The highest BCUT2D eigenvalue weighted by molar-refractivity contribution is 5.94. The van der Waals surface area contributed by atoms with E-state index in [-0.39, 0.29) is 11.6 Å². The van der Waals surface area contributed by atoms with E-state index < -0.39 is 11.8 Å². The maximum absolute atomic E-state index is 13.6. The van der Waals surface area contributed by atoms with E-state index in [0.717, 1.165) is 12.8 Å². The number of carboxylic acid groups (broad SMARTS) is 1. The van der Waals surface area contributed by atoms with Crippen LogP contribution in [-0.2, 0) is 0 Å². The fourth-order valence-electron chi connectivity index (χ4n) is 2.85. The Labute approximate surface area is 112 Å². The topological polar surface area (TPSA) is 49.3 Å². The SMILES string of the molecule is CC1CCCC(Nc2cccc(F)c2C(=O)O)C1C. The molecular weight excluding hydrogens is 245 g/mol. The van der Waals surface area contributed by atoms with Gasteiger partial charge in [-0.15, -0.1) is 0 Å². The van der Waals surface area contributed by atoms with Gasteiger partial charge in [0.25, 0.3) is 0 Å². The quantitative estimate of drug-likeness (QED) is 0.874. The molecule has 1 aromatic carbocycles. The van der Waals surface area contributed by atoms with E-state index in [4.69, 9.17) is 5.11 Å². The van der Waals surface area contributed by atoms with E-state index in [9.17, 15) is 9.18 Å². The molecule has 1 fully saturated rings. The second kappa shape index (κ2) is 5.59. The molecular formula is C15H20FNO2. The van der Waals surface area contributed by atoms with Crippen molar-refractivity contribution in [3.63, 3.8) is 0 Å². The van der Waals surface area contributed by atoms with E-state index in [1.165, 1.54) is 12.5 Å². The van der Waals surface area contributed by atoms with Crippen LogP contribution in [-0.4, -0.2) is 17.1 Å². The number of aromatic carboxylic acids is 1. The molecule has 3 atom stereocenters. The third-order valence-electron chi connectivity index (χ3n) is 4.28. The van der Waals surface area contributed by atoms with Gasteiger partial charge in [-0.2, -0.15) is 0 Å². The lowest BCUT2D eigenvalue weighted by molar-refractivity contribution is 0.0693. The monoisotopic (exact) mass is 265 g/mol. The van der Waals surface area contributed by atoms with E-state index in [1.807, 2.05) is 0 Å². The van der Waals surface area contributed by atoms with Crippen LogP contribution in [0.2, 0.25) is 0 Å². The molecule has 1 saturated carbocycles. The van der Waals surface area contributed by atoms with Gasteiger partial charge in [0, 0.05) is 6.04 Å². The van der Waals surface area contributed by atoms with Crippen molar-refractivity contribution in [2.75, 3.05) is 5.32 Å². The van der Waals surface area contributed by atoms with Crippen LogP contribution in [0.3, 0.4) is 0 Å². The molecule has 0 amide bonds. The summed E-state index contributed by atoms with van der Waals surface area (Å²) in [6, 6.07) is 4.57. The predicted molar refractivity (Wildman–Crippen MR) is 72.9 cm³/mol. The molecule has 4 heteroatoms. The Balaban J connectivity index is 2.23. The normalized spacial score (nSPS) is 27.0. The Morgan fingerprint density at radius 3 is 2.79 bits per heavy atom. The third-order valence-corrected chi connectivity index (χ3v) is 4.28. The fraction of sp³-hybridized carbons (Fsp3) is 0.533. The number of hydrogen-bond donors (Lipinski definition) is 2. The Bertz CT molecular complexity index is 475. The molecule has 3 unspecified atom stereocenters. The minimum Gasteiger partial charge on any atom is -0.478 e. The predicted octanol–water partition coefficient (Wildman–Crippen LogP) is 3.76. The maximum atomic E-state index is 13.6. The van der Waals surface area contributed by atoms with Gasteiger partial charge in [0.2, 0.25) is 0 Å². The second-order valence-electron chi connectivity index (χ2n) is 5.49. The van der Waals surface area contributed by atoms with Gasteiger partial charge in [-0.05, 0) is 30.4 Å². The fourth-order valence-corrected chi connectivity index (χ4v) is 2.85. The summed E-state index contributed by atoms with van der Waals surface area (Å²) >= 11 is 0. The molecule has 0 heterocycles. The molecule has 104 valence electrons. The Morgan fingerprint density at radius 2 is 2.11 bits per heavy atom. The molecule has 19 heavy (non-hydrogen) atoms. The lowest BCUT2D eigenvalue weighted by atomic mass is 9.78. The summed E-state index contributed by atoms with van der Waals surface area (Å²) < 4.78 is 13.6. The molecule has 2 rings (SSSR count). The minimum absolute atomic E-state index is 0.212. The zero-order chi connectivity index (χ0) is 14.0. The smallest absolute Gasteiger partial charge is 0.340 e. The van der Waals surface area contributed by atoms with Gasteiger partial charge in [0.1, 0.15) is 11.4 Å². The highest BCUT2D eigenvalue weighted by atomic mass is 19.1. The number of carboxylic acids is 1. The molecule has 0 aromatic heterocycles. The van der Waals surface area contributed by atoms with Crippen molar-refractivity contribution in [1.82, 2.24) is 0 Å². The van der Waals surface area contributed by atoms with E-state index in [2.05, 4.69) is 19.2 Å².